The van der Waals surface area contributed by atoms with E-state index in [2.05, 4.69) is 20.3 Å². The minimum absolute atomic E-state index is 0.0459. The molecule has 0 aromatic carbocycles. The van der Waals surface area contributed by atoms with Crippen LogP contribution in [0.1, 0.15) is 52.8 Å². The van der Waals surface area contributed by atoms with E-state index in [1.165, 1.54) is 6.42 Å². The summed E-state index contributed by atoms with van der Waals surface area (Å²) in [6.45, 7) is 5.05. The third-order valence-corrected chi connectivity index (χ3v) is 6.04. The summed E-state index contributed by atoms with van der Waals surface area (Å²) in [5.74, 6) is 2.85. The Balaban J connectivity index is 1.30. The maximum absolute atomic E-state index is 12.8. The second-order valence-electron chi connectivity index (χ2n) is 7.82. The molecule has 0 N–H and O–H groups in total. The molecule has 0 spiro atoms. The average molecular weight is 381 g/mol. The summed E-state index contributed by atoms with van der Waals surface area (Å²) >= 11 is 0. The highest BCUT2D eigenvalue weighted by Crippen LogP contribution is 2.35. The average Bonchev–Trinajstić information content (AvgIpc) is 3.15. The van der Waals surface area contributed by atoms with E-state index >= 15 is 0 Å². The fourth-order valence-electron chi connectivity index (χ4n) is 3.90. The van der Waals surface area contributed by atoms with Crippen LogP contribution in [-0.4, -0.2) is 62.0 Å². The molecule has 1 amide bonds. The molecule has 3 aromatic heterocycles. The normalized spacial score (nSPS) is 17.6. The quantitative estimate of drug-likeness (QED) is 0.682. The van der Waals surface area contributed by atoms with Crippen molar-refractivity contribution in [1.29, 1.82) is 0 Å². The first kappa shape index (κ1) is 17.2. The van der Waals surface area contributed by atoms with Crippen molar-refractivity contribution < 1.29 is 9.32 Å². The number of likely N-dealkylation sites (N-methyl/N-ethyl adjacent to an activating group) is 1. The lowest BCUT2D eigenvalue weighted by molar-refractivity contribution is 0.0702. The molecule has 0 unspecified atom stereocenters. The van der Waals surface area contributed by atoms with Gasteiger partial charge in [0.25, 0.3) is 5.91 Å². The van der Waals surface area contributed by atoms with Gasteiger partial charge >= 0.3 is 0 Å². The molecular weight excluding hydrogens is 358 g/mol. The van der Waals surface area contributed by atoms with Crippen LogP contribution in [0.25, 0.3) is 5.65 Å². The topological polar surface area (TPSA) is 92.7 Å². The molecule has 3 aromatic rings. The Morgan fingerprint density at radius 1 is 1.21 bits per heavy atom. The lowest BCUT2D eigenvalue weighted by atomic mass is 9.85. The number of hydrogen-bond donors (Lipinski definition) is 0. The molecule has 0 radical (unpaired) electrons. The molecule has 2 fully saturated rings. The van der Waals surface area contributed by atoms with Crippen LogP contribution in [0.4, 0.5) is 5.82 Å². The monoisotopic (exact) mass is 381 g/mol. The third kappa shape index (κ3) is 2.56. The van der Waals surface area contributed by atoms with Gasteiger partial charge in [-0.1, -0.05) is 11.6 Å². The van der Waals surface area contributed by atoms with Crippen LogP contribution in [0, 0.1) is 13.8 Å². The molecule has 146 valence electrons. The SMILES string of the molecule is Cc1noc(C)c1C(=O)N(C)C1CN(c2ccc3nnc(C4CCC4)n3n2)C1. The summed E-state index contributed by atoms with van der Waals surface area (Å²) in [6, 6.07) is 4.07. The van der Waals surface area contributed by atoms with E-state index in [1.807, 2.05) is 23.7 Å². The molecule has 1 saturated heterocycles. The van der Waals surface area contributed by atoms with Gasteiger partial charge in [-0.3, -0.25) is 4.79 Å². The molecule has 0 bridgehead atoms. The predicted octanol–water partition coefficient (Wildman–Crippen LogP) is 1.96. The molecule has 1 aliphatic carbocycles. The van der Waals surface area contributed by atoms with Gasteiger partial charge in [0.15, 0.2) is 11.5 Å². The Kier molecular flexibility index (Phi) is 3.85. The minimum Gasteiger partial charge on any atom is -0.361 e. The zero-order valence-electron chi connectivity index (χ0n) is 16.3. The van der Waals surface area contributed by atoms with Crippen molar-refractivity contribution in [2.45, 2.75) is 45.1 Å². The summed E-state index contributed by atoms with van der Waals surface area (Å²) < 4.78 is 7.01. The fourth-order valence-corrected chi connectivity index (χ4v) is 3.90. The molecular formula is C19H23N7O2. The molecule has 9 heteroatoms. The zero-order valence-corrected chi connectivity index (χ0v) is 16.3. The summed E-state index contributed by atoms with van der Waals surface area (Å²) in [6.07, 6.45) is 3.57. The van der Waals surface area contributed by atoms with Gasteiger partial charge in [-0.05, 0) is 38.8 Å². The van der Waals surface area contributed by atoms with Crippen LogP contribution < -0.4 is 4.90 Å². The van der Waals surface area contributed by atoms with E-state index < -0.39 is 0 Å². The number of hydrogen-bond acceptors (Lipinski definition) is 7. The highest BCUT2D eigenvalue weighted by molar-refractivity contribution is 5.96. The number of nitrogens with zero attached hydrogens (tertiary/aromatic N) is 7. The lowest BCUT2D eigenvalue weighted by Gasteiger charge is -2.44. The van der Waals surface area contributed by atoms with Gasteiger partial charge in [0.05, 0.1) is 11.7 Å². The van der Waals surface area contributed by atoms with Gasteiger partial charge in [0, 0.05) is 26.1 Å². The van der Waals surface area contributed by atoms with Crippen LogP contribution in [0.2, 0.25) is 0 Å². The number of fused-ring (bicyclic) bond motifs is 1. The molecule has 1 aliphatic heterocycles. The number of carbonyl (C=O) groups is 1. The molecule has 2 aliphatic rings. The Hall–Kier alpha value is -2.97. The van der Waals surface area contributed by atoms with Crippen molar-refractivity contribution >= 4 is 17.4 Å². The molecule has 5 rings (SSSR count). The largest absolute Gasteiger partial charge is 0.361 e. The number of carbonyl (C=O) groups excluding carboxylic acids is 1. The van der Waals surface area contributed by atoms with E-state index in [0.29, 0.717) is 22.9 Å². The standard InChI is InChI=1S/C19H23N7O2/c1-11-17(12(2)28-23-11)19(27)24(3)14-9-25(10-14)16-8-7-15-20-21-18(26(15)22-16)13-5-4-6-13/h7-8,13-14H,4-6,9-10H2,1-3H3. The number of anilines is 1. The Bertz CT molecular complexity index is 1030. The van der Waals surface area contributed by atoms with E-state index in [-0.39, 0.29) is 11.9 Å². The first-order chi connectivity index (χ1) is 13.5. The minimum atomic E-state index is -0.0459. The molecule has 9 nitrogen and oxygen atoms in total. The van der Waals surface area contributed by atoms with Gasteiger partial charge in [0.1, 0.15) is 17.1 Å². The zero-order chi connectivity index (χ0) is 19.4. The van der Waals surface area contributed by atoms with Crippen LogP contribution >= 0.6 is 0 Å². The maximum Gasteiger partial charge on any atom is 0.259 e. The van der Waals surface area contributed by atoms with E-state index in [0.717, 1.165) is 43.2 Å². The van der Waals surface area contributed by atoms with Gasteiger partial charge in [0.2, 0.25) is 0 Å². The van der Waals surface area contributed by atoms with Gasteiger partial charge in [-0.2, -0.15) is 4.52 Å². The first-order valence-corrected chi connectivity index (χ1v) is 9.70. The number of rotatable bonds is 4. The number of aryl methyl sites for hydroxylation is 2. The lowest BCUT2D eigenvalue weighted by Crippen LogP contribution is -2.60. The third-order valence-electron chi connectivity index (χ3n) is 6.04. The number of aromatic nitrogens is 5. The van der Waals surface area contributed by atoms with Crippen molar-refractivity contribution in [1.82, 2.24) is 29.9 Å². The van der Waals surface area contributed by atoms with Gasteiger partial charge in [-0.25, -0.2) is 0 Å². The van der Waals surface area contributed by atoms with E-state index in [9.17, 15) is 4.79 Å². The molecule has 28 heavy (non-hydrogen) atoms. The maximum atomic E-state index is 12.8. The smallest absolute Gasteiger partial charge is 0.259 e. The van der Waals surface area contributed by atoms with Gasteiger partial charge in [-0.15, -0.1) is 15.3 Å². The summed E-state index contributed by atoms with van der Waals surface area (Å²) in [5, 5.41) is 17.2. The Morgan fingerprint density at radius 2 is 2.00 bits per heavy atom. The molecule has 4 heterocycles. The Labute approximate surface area is 162 Å². The molecule has 0 atom stereocenters. The second-order valence-corrected chi connectivity index (χ2v) is 7.82. The van der Waals surface area contributed by atoms with Gasteiger partial charge < -0.3 is 14.3 Å². The highest BCUT2D eigenvalue weighted by atomic mass is 16.5. The first-order valence-electron chi connectivity index (χ1n) is 9.70. The highest BCUT2D eigenvalue weighted by Gasteiger charge is 2.35. The van der Waals surface area contributed by atoms with Crippen LogP contribution in [0.3, 0.4) is 0 Å². The summed E-state index contributed by atoms with van der Waals surface area (Å²) in [7, 11) is 1.83. The van der Waals surface area contributed by atoms with Crippen LogP contribution in [-0.2, 0) is 0 Å². The van der Waals surface area contributed by atoms with Crippen molar-refractivity contribution in [3.63, 3.8) is 0 Å². The fraction of sp³-hybridized carbons (Fsp3) is 0.526. The summed E-state index contributed by atoms with van der Waals surface area (Å²) in [4.78, 5) is 16.7. The van der Waals surface area contributed by atoms with E-state index in [4.69, 9.17) is 9.62 Å². The van der Waals surface area contributed by atoms with Crippen molar-refractivity contribution in [2.24, 2.45) is 0 Å². The van der Waals surface area contributed by atoms with Crippen molar-refractivity contribution in [3.05, 3.63) is 35.0 Å². The van der Waals surface area contributed by atoms with Crippen LogP contribution in [0.15, 0.2) is 16.7 Å². The van der Waals surface area contributed by atoms with E-state index in [1.54, 1.807) is 18.7 Å². The Morgan fingerprint density at radius 3 is 2.64 bits per heavy atom. The van der Waals surface area contributed by atoms with Crippen molar-refractivity contribution in [3.8, 4) is 0 Å². The second kappa shape index (κ2) is 6.29. The van der Waals surface area contributed by atoms with Crippen molar-refractivity contribution in [2.75, 3.05) is 25.0 Å². The number of amides is 1. The predicted molar refractivity (Wildman–Crippen MR) is 101 cm³/mol. The summed E-state index contributed by atoms with van der Waals surface area (Å²) in [5.41, 5.74) is 1.98. The van der Waals surface area contributed by atoms with Crippen LogP contribution in [0.5, 0.6) is 0 Å². The molecule has 1 saturated carbocycles.